The van der Waals surface area contributed by atoms with Gasteiger partial charge in [0, 0.05) is 19.1 Å². The van der Waals surface area contributed by atoms with E-state index in [9.17, 15) is 0 Å². The van der Waals surface area contributed by atoms with Crippen LogP contribution in [0.1, 0.15) is 19.5 Å². The van der Waals surface area contributed by atoms with Crippen LogP contribution >= 0.6 is 23.2 Å². The second kappa shape index (κ2) is 7.29. The van der Waals surface area contributed by atoms with Crippen LogP contribution in [-0.2, 0) is 6.54 Å². The van der Waals surface area contributed by atoms with E-state index in [2.05, 4.69) is 42.7 Å². The highest BCUT2D eigenvalue weighted by Gasteiger charge is 2.15. The van der Waals surface area contributed by atoms with E-state index in [4.69, 9.17) is 23.2 Å². The lowest BCUT2D eigenvalue weighted by atomic mass is 10.2. The molecule has 0 aliphatic heterocycles. The van der Waals surface area contributed by atoms with Gasteiger partial charge in [-0.05, 0) is 39.7 Å². The summed E-state index contributed by atoms with van der Waals surface area (Å²) < 4.78 is 0. The van der Waals surface area contributed by atoms with Crippen molar-refractivity contribution in [1.29, 1.82) is 0 Å². The number of likely N-dealkylation sites (N-methyl/N-ethyl adjacent to an activating group) is 2. The number of hydrogen-bond donors (Lipinski definition) is 0. The summed E-state index contributed by atoms with van der Waals surface area (Å²) in [5.74, 6) is 0. The zero-order chi connectivity index (χ0) is 13.7. The molecule has 0 fully saturated rings. The van der Waals surface area contributed by atoms with Crippen molar-refractivity contribution in [1.82, 2.24) is 14.8 Å². The molecule has 0 aliphatic rings. The van der Waals surface area contributed by atoms with Gasteiger partial charge >= 0.3 is 0 Å². The molecule has 0 N–H and O–H groups in total. The molecule has 0 aromatic carbocycles. The molecule has 102 valence electrons. The molecule has 0 saturated carbocycles. The minimum Gasteiger partial charge on any atom is -0.308 e. The molecule has 0 bridgehead atoms. The van der Waals surface area contributed by atoms with Crippen LogP contribution < -0.4 is 0 Å². The van der Waals surface area contributed by atoms with E-state index in [1.807, 2.05) is 0 Å². The Morgan fingerprint density at radius 2 is 1.94 bits per heavy atom. The second-order valence-corrected chi connectivity index (χ2v) is 5.53. The van der Waals surface area contributed by atoms with E-state index in [-0.39, 0.29) is 0 Å². The van der Waals surface area contributed by atoms with Crippen molar-refractivity contribution in [3.05, 3.63) is 28.0 Å². The number of nitrogens with zero attached hydrogens (tertiary/aromatic N) is 3. The smallest absolute Gasteiger partial charge is 0.129 e. The van der Waals surface area contributed by atoms with Crippen molar-refractivity contribution in [3.8, 4) is 0 Å². The van der Waals surface area contributed by atoms with Crippen molar-refractivity contribution in [3.63, 3.8) is 0 Å². The van der Waals surface area contributed by atoms with E-state index < -0.39 is 0 Å². The third kappa shape index (κ3) is 4.73. The first-order chi connectivity index (χ1) is 8.43. The molecule has 0 aliphatic carbocycles. The third-order valence-corrected chi connectivity index (χ3v) is 3.45. The largest absolute Gasteiger partial charge is 0.308 e. The van der Waals surface area contributed by atoms with Crippen LogP contribution in [0.3, 0.4) is 0 Å². The molecule has 18 heavy (non-hydrogen) atoms. The monoisotopic (exact) mass is 289 g/mol. The predicted molar refractivity (Wildman–Crippen MR) is 78.4 cm³/mol. The van der Waals surface area contributed by atoms with Gasteiger partial charge in [0.2, 0.25) is 0 Å². The first-order valence-corrected chi connectivity index (χ1v) is 6.89. The summed E-state index contributed by atoms with van der Waals surface area (Å²) in [6, 6.07) is 3.96. The Bertz CT molecular complexity index is 382. The molecule has 1 unspecified atom stereocenters. The van der Waals surface area contributed by atoms with Gasteiger partial charge in [0.1, 0.15) is 5.15 Å². The Hall–Kier alpha value is -0.350. The molecule has 5 heteroatoms. The summed E-state index contributed by atoms with van der Waals surface area (Å²) in [5, 5.41) is 1.17. The predicted octanol–water partition coefficient (Wildman–Crippen LogP) is 3.16. The fraction of sp³-hybridized carbons (Fsp3) is 0.615. The lowest BCUT2D eigenvalue weighted by Crippen LogP contribution is -2.39. The summed E-state index contributed by atoms with van der Waals surface area (Å²) in [6.07, 6.45) is 0. The standard InChI is InChI=1S/C13H21Cl2N3/c1-5-18(10(2)8-17(3)4)9-12-11(14)6-7-13(15)16-12/h6-7,10H,5,8-9H2,1-4H3. The van der Waals surface area contributed by atoms with Crippen molar-refractivity contribution in [2.75, 3.05) is 27.2 Å². The summed E-state index contributed by atoms with van der Waals surface area (Å²) >= 11 is 12.1. The molecule has 1 atom stereocenters. The van der Waals surface area contributed by atoms with Gasteiger partial charge in [-0.25, -0.2) is 4.98 Å². The van der Waals surface area contributed by atoms with E-state index in [1.54, 1.807) is 12.1 Å². The third-order valence-electron chi connectivity index (χ3n) is 2.90. The number of aromatic nitrogens is 1. The number of hydrogen-bond acceptors (Lipinski definition) is 3. The van der Waals surface area contributed by atoms with Gasteiger partial charge in [0.15, 0.2) is 0 Å². The maximum absolute atomic E-state index is 6.15. The highest BCUT2D eigenvalue weighted by atomic mass is 35.5. The molecule has 0 radical (unpaired) electrons. The van der Waals surface area contributed by atoms with Crippen LogP contribution in [0.25, 0.3) is 0 Å². The molecule has 0 saturated heterocycles. The van der Waals surface area contributed by atoms with Crippen LogP contribution in [0.5, 0.6) is 0 Å². The summed E-state index contributed by atoms with van der Waals surface area (Å²) in [7, 11) is 4.16. The zero-order valence-electron chi connectivity index (χ0n) is 11.5. The Balaban J connectivity index is 2.76. The molecule has 0 spiro atoms. The van der Waals surface area contributed by atoms with Gasteiger partial charge in [-0.1, -0.05) is 30.1 Å². The minimum atomic E-state index is 0.446. The lowest BCUT2D eigenvalue weighted by molar-refractivity contribution is 0.172. The zero-order valence-corrected chi connectivity index (χ0v) is 13.0. The van der Waals surface area contributed by atoms with Gasteiger partial charge < -0.3 is 4.90 Å². The highest BCUT2D eigenvalue weighted by Crippen LogP contribution is 2.19. The summed E-state index contributed by atoms with van der Waals surface area (Å²) in [6.45, 7) is 7.04. The first-order valence-electron chi connectivity index (χ1n) is 6.13. The maximum Gasteiger partial charge on any atom is 0.129 e. The number of pyridine rings is 1. The van der Waals surface area contributed by atoms with Gasteiger partial charge in [-0.15, -0.1) is 0 Å². The summed E-state index contributed by atoms with van der Waals surface area (Å²) in [4.78, 5) is 8.82. The Morgan fingerprint density at radius 3 is 2.50 bits per heavy atom. The molecule has 1 rings (SSSR count). The van der Waals surface area contributed by atoms with Gasteiger partial charge in [-0.3, -0.25) is 4.90 Å². The fourth-order valence-electron chi connectivity index (χ4n) is 1.98. The van der Waals surface area contributed by atoms with E-state index >= 15 is 0 Å². The van der Waals surface area contributed by atoms with E-state index in [0.29, 0.717) is 16.2 Å². The molecule has 1 aromatic heterocycles. The Kier molecular flexibility index (Phi) is 6.36. The quantitative estimate of drug-likeness (QED) is 0.750. The molecule has 1 aromatic rings. The maximum atomic E-state index is 6.15. The Labute approximate surface area is 120 Å². The van der Waals surface area contributed by atoms with Crippen molar-refractivity contribution >= 4 is 23.2 Å². The SMILES string of the molecule is CCN(Cc1nc(Cl)ccc1Cl)C(C)CN(C)C. The Morgan fingerprint density at radius 1 is 1.28 bits per heavy atom. The van der Waals surface area contributed by atoms with Gasteiger partial charge in [0.05, 0.1) is 10.7 Å². The highest BCUT2D eigenvalue weighted by molar-refractivity contribution is 6.32. The van der Waals surface area contributed by atoms with Crippen molar-refractivity contribution in [2.24, 2.45) is 0 Å². The molecular weight excluding hydrogens is 269 g/mol. The average molecular weight is 290 g/mol. The van der Waals surface area contributed by atoms with Crippen molar-refractivity contribution in [2.45, 2.75) is 26.4 Å². The molecule has 3 nitrogen and oxygen atoms in total. The van der Waals surface area contributed by atoms with Crippen LogP contribution in [0.4, 0.5) is 0 Å². The van der Waals surface area contributed by atoms with Crippen molar-refractivity contribution < 1.29 is 0 Å². The molecule has 0 amide bonds. The van der Waals surface area contributed by atoms with Crippen LogP contribution in [0, 0.1) is 0 Å². The second-order valence-electron chi connectivity index (χ2n) is 4.74. The van der Waals surface area contributed by atoms with Crippen LogP contribution in [0.15, 0.2) is 12.1 Å². The fourth-order valence-corrected chi connectivity index (χ4v) is 2.31. The van der Waals surface area contributed by atoms with E-state index in [1.165, 1.54) is 0 Å². The molecule has 1 heterocycles. The average Bonchev–Trinajstić information content (AvgIpc) is 2.29. The van der Waals surface area contributed by atoms with Gasteiger partial charge in [0.25, 0.3) is 0 Å². The molecular formula is C13H21Cl2N3. The van der Waals surface area contributed by atoms with Crippen LogP contribution in [-0.4, -0.2) is 48.0 Å². The van der Waals surface area contributed by atoms with Crippen LogP contribution in [0.2, 0.25) is 10.2 Å². The van der Waals surface area contributed by atoms with E-state index in [0.717, 1.165) is 25.3 Å². The lowest BCUT2D eigenvalue weighted by Gasteiger charge is -2.29. The first kappa shape index (κ1) is 15.7. The minimum absolute atomic E-state index is 0.446. The van der Waals surface area contributed by atoms with Gasteiger partial charge in [-0.2, -0.15) is 0 Å². The number of rotatable bonds is 6. The topological polar surface area (TPSA) is 19.4 Å². The normalized spacial score (nSPS) is 13.3. The summed E-state index contributed by atoms with van der Waals surface area (Å²) in [5.41, 5.74) is 0.844. The number of halogens is 2.